The second-order valence-electron chi connectivity index (χ2n) is 12.9. The molecule has 3 heteroatoms. The molecule has 49 heavy (non-hydrogen) atoms. The number of thiophene rings is 1. The van der Waals surface area contributed by atoms with Gasteiger partial charge in [-0.2, -0.15) is 0 Å². The van der Waals surface area contributed by atoms with Crippen LogP contribution in [0.4, 0.5) is 17.1 Å². The van der Waals surface area contributed by atoms with Crippen molar-refractivity contribution in [3.8, 4) is 22.6 Å². The van der Waals surface area contributed by atoms with Crippen LogP contribution in [0.2, 0.25) is 0 Å². The van der Waals surface area contributed by atoms with Crippen molar-refractivity contribution in [1.82, 2.24) is 0 Å². The van der Waals surface area contributed by atoms with Crippen LogP contribution < -0.4 is 9.64 Å². The van der Waals surface area contributed by atoms with Crippen molar-refractivity contribution < 1.29 is 4.74 Å². The summed E-state index contributed by atoms with van der Waals surface area (Å²) in [5, 5.41) is 12.5. The van der Waals surface area contributed by atoms with E-state index in [0.29, 0.717) is 0 Å². The topological polar surface area (TPSA) is 12.5 Å². The fraction of sp³-hybridized carbons (Fsp3) is 0. The first-order chi connectivity index (χ1) is 24.3. The first kappa shape index (κ1) is 26.9. The molecule has 0 saturated heterocycles. The molecule has 0 amide bonds. The van der Waals surface area contributed by atoms with Crippen molar-refractivity contribution >= 4 is 91.7 Å². The second kappa shape index (κ2) is 10.2. The molecular weight excluding hydrogens is 615 g/mol. The van der Waals surface area contributed by atoms with Gasteiger partial charge < -0.3 is 9.64 Å². The Morgan fingerprint density at radius 2 is 0.980 bits per heavy atom. The molecule has 0 aliphatic carbocycles. The molecule has 0 saturated carbocycles. The summed E-state index contributed by atoms with van der Waals surface area (Å²) in [6, 6.07) is 59.5. The van der Waals surface area contributed by atoms with E-state index in [2.05, 4.69) is 169 Å². The van der Waals surface area contributed by atoms with Gasteiger partial charge in [-0.05, 0) is 97.4 Å². The molecule has 1 aromatic heterocycles. The Bertz CT molecular complexity index is 2960. The van der Waals surface area contributed by atoms with E-state index >= 15 is 0 Å². The lowest BCUT2D eigenvalue weighted by atomic mass is 9.93. The molecule has 0 radical (unpaired) electrons. The number of fused-ring (bicyclic) bond motifs is 13. The van der Waals surface area contributed by atoms with Gasteiger partial charge in [0, 0.05) is 31.2 Å². The Labute approximate surface area is 286 Å². The quantitative estimate of drug-likeness (QED) is 0.174. The number of rotatable bonds is 2. The summed E-state index contributed by atoms with van der Waals surface area (Å²) in [7, 11) is 0. The van der Waals surface area contributed by atoms with Gasteiger partial charge in [0.05, 0.1) is 11.4 Å². The first-order valence-corrected chi connectivity index (χ1v) is 17.5. The Balaban J connectivity index is 1.14. The van der Waals surface area contributed by atoms with Gasteiger partial charge >= 0.3 is 0 Å². The van der Waals surface area contributed by atoms with Crippen molar-refractivity contribution in [2.45, 2.75) is 0 Å². The Morgan fingerprint density at radius 1 is 0.388 bits per heavy atom. The van der Waals surface area contributed by atoms with E-state index in [1.165, 1.54) is 58.1 Å². The first-order valence-electron chi connectivity index (χ1n) is 16.7. The summed E-state index contributed by atoms with van der Waals surface area (Å²) in [4.78, 5) is 2.38. The molecule has 0 N–H and O–H groups in total. The lowest BCUT2D eigenvalue weighted by molar-refractivity contribution is 0.483. The third-order valence-electron chi connectivity index (χ3n) is 10.2. The summed E-state index contributed by atoms with van der Waals surface area (Å²) in [6.45, 7) is 0. The van der Waals surface area contributed by atoms with Gasteiger partial charge in [0.25, 0.3) is 0 Å². The average Bonchev–Trinajstić information content (AvgIpc) is 3.55. The third-order valence-corrected chi connectivity index (χ3v) is 11.4. The molecule has 2 heterocycles. The van der Waals surface area contributed by atoms with Crippen LogP contribution in [0.5, 0.6) is 11.5 Å². The van der Waals surface area contributed by atoms with Crippen LogP contribution in [0.1, 0.15) is 0 Å². The zero-order valence-electron chi connectivity index (χ0n) is 26.4. The molecule has 0 spiro atoms. The number of hydrogen-bond donors (Lipinski definition) is 0. The molecule has 11 rings (SSSR count). The zero-order chi connectivity index (χ0) is 32.1. The monoisotopic (exact) mass is 641 g/mol. The molecule has 0 atom stereocenters. The molecule has 2 nitrogen and oxygen atoms in total. The lowest BCUT2D eigenvalue weighted by Gasteiger charge is -2.34. The van der Waals surface area contributed by atoms with Crippen LogP contribution in [-0.2, 0) is 0 Å². The number of benzene rings is 9. The van der Waals surface area contributed by atoms with Gasteiger partial charge in [0.2, 0.25) is 0 Å². The normalized spacial score (nSPS) is 12.6. The Morgan fingerprint density at radius 3 is 1.78 bits per heavy atom. The highest BCUT2D eigenvalue weighted by Crippen LogP contribution is 2.54. The summed E-state index contributed by atoms with van der Waals surface area (Å²) in [6.07, 6.45) is 0. The van der Waals surface area contributed by atoms with E-state index in [0.717, 1.165) is 44.9 Å². The minimum absolute atomic E-state index is 0.847. The van der Waals surface area contributed by atoms with Crippen molar-refractivity contribution in [2.75, 3.05) is 4.90 Å². The number of hydrogen-bond acceptors (Lipinski definition) is 3. The van der Waals surface area contributed by atoms with Crippen LogP contribution in [0.3, 0.4) is 0 Å². The highest BCUT2D eigenvalue weighted by atomic mass is 32.1. The van der Waals surface area contributed by atoms with E-state index in [1.807, 2.05) is 11.3 Å². The summed E-state index contributed by atoms with van der Waals surface area (Å²) in [5.74, 6) is 1.73. The van der Waals surface area contributed by atoms with Gasteiger partial charge in [-0.15, -0.1) is 11.3 Å². The molecule has 10 aromatic rings. The maximum absolute atomic E-state index is 6.92. The highest BCUT2D eigenvalue weighted by Gasteiger charge is 2.28. The minimum Gasteiger partial charge on any atom is -0.452 e. The molecule has 0 unspecified atom stereocenters. The molecule has 1 aliphatic rings. The van der Waals surface area contributed by atoms with Crippen LogP contribution >= 0.6 is 11.3 Å². The van der Waals surface area contributed by atoms with E-state index in [-0.39, 0.29) is 0 Å². The summed E-state index contributed by atoms with van der Waals surface area (Å²) in [5.41, 5.74) is 5.48. The van der Waals surface area contributed by atoms with E-state index in [1.54, 1.807) is 0 Å². The smallest absolute Gasteiger partial charge is 0.159 e. The Kier molecular flexibility index (Phi) is 5.57. The zero-order valence-corrected chi connectivity index (χ0v) is 27.2. The van der Waals surface area contributed by atoms with Crippen molar-refractivity contribution in [3.63, 3.8) is 0 Å². The van der Waals surface area contributed by atoms with Crippen LogP contribution in [0, 0.1) is 0 Å². The summed E-state index contributed by atoms with van der Waals surface area (Å²) >= 11 is 1.85. The molecule has 0 fully saturated rings. The van der Waals surface area contributed by atoms with E-state index in [4.69, 9.17) is 4.74 Å². The predicted molar refractivity (Wildman–Crippen MR) is 210 cm³/mol. The van der Waals surface area contributed by atoms with Gasteiger partial charge in [0.15, 0.2) is 11.5 Å². The van der Waals surface area contributed by atoms with Crippen molar-refractivity contribution in [2.24, 2.45) is 0 Å². The number of anilines is 3. The fourth-order valence-corrected chi connectivity index (χ4v) is 9.02. The average molecular weight is 642 g/mol. The van der Waals surface area contributed by atoms with Gasteiger partial charge in [-0.3, -0.25) is 0 Å². The third kappa shape index (κ3) is 3.94. The lowest BCUT2D eigenvalue weighted by Crippen LogP contribution is -2.16. The molecule has 228 valence electrons. The van der Waals surface area contributed by atoms with E-state index < -0.39 is 0 Å². The number of ether oxygens (including phenoxy) is 1. The fourth-order valence-electron chi connectivity index (χ4n) is 7.93. The van der Waals surface area contributed by atoms with Gasteiger partial charge in [0.1, 0.15) is 0 Å². The number of nitrogens with zero attached hydrogens (tertiary/aromatic N) is 1. The van der Waals surface area contributed by atoms with Crippen LogP contribution in [0.25, 0.3) is 74.4 Å². The largest absolute Gasteiger partial charge is 0.452 e. The van der Waals surface area contributed by atoms with Gasteiger partial charge in [-0.1, -0.05) is 115 Å². The maximum Gasteiger partial charge on any atom is 0.159 e. The van der Waals surface area contributed by atoms with Crippen molar-refractivity contribution in [1.29, 1.82) is 0 Å². The maximum atomic E-state index is 6.92. The standard InChI is InChI=1S/C46H27NOS/c1-2-10-32-28(9-1)17-23-42-46(32)48-43-26-30(29-19-24-45-40(25-29)38-15-7-8-16-44(38)49-45)18-22-41(43)47(42)31-20-21-37-35-13-4-3-11-33(35)34-12-5-6-14-36(34)39(37)27-31/h1-27H. The summed E-state index contributed by atoms with van der Waals surface area (Å²) < 4.78 is 9.55. The SMILES string of the molecule is c1ccc2c3c(ccc2c1)N(c1ccc2c4ccccc4c4ccccc4c2c1)c1ccc(-c2ccc4sc5ccccc5c4c2)cc1O3. The minimum atomic E-state index is 0.847. The van der Waals surface area contributed by atoms with Crippen LogP contribution in [-0.4, -0.2) is 0 Å². The molecular formula is C46H27NOS. The van der Waals surface area contributed by atoms with E-state index in [9.17, 15) is 0 Å². The van der Waals surface area contributed by atoms with Crippen LogP contribution in [0.15, 0.2) is 164 Å². The Hall–Kier alpha value is -6.16. The molecule has 1 aliphatic heterocycles. The second-order valence-corrected chi connectivity index (χ2v) is 14.0. The van der Waals surface area contributed by atoms with Crippen molar-refractivity contribution in [3.05, 3.63) is 164 Å². The highest BCUT2D eigenvalue weighted by molar-refractivity contribution is 7.25. The molecule has 9 aromatic carbocycles. The predicted octanol–water partition coefficient (Wildman–Crippen LogP) is 13.9. The molecule has 0 bridgehead atoms. The van der Waals surface area contributed by atoms with Gasteiger partial charge in [-0.25, -0.2) is 0 Å².